The number of hydrogen-bond donors (Lipinski definition) is 1. The molecule has 0 aliphatic carbocycles. The smallest absolute Gasteiger partial charge is 0.336 e. The minimum absolute atomic E-state index is 0.224. The van der Waals surface area contributed by atoms with Crippen molar-refractivity contribution in [2.75, 3.05) is 0 Å². The van der Waals surface area contributed by atoms with Crippen molar-refractivity contribution in [2.45, 2.75) is 0 Å². The number of benzene rings is 1. The molecular weight excluding hydrogens is 246 g/mol. The number of nitrogens with zero attached hydrogens (tertiary/aromatic N) is 1. The molecule has 0 aliphatic heterocycles. The summed E-state index contributed by atoms with van der Waals surface area (Å²) in [4.78, 5) is 12.1. The first-order valence-corrected chi connectivity index (χ1v) is 6.07. The lowest BCUT2D eigenvalue weighted by molar-refractivity contribution is -0.130. The Morgan fingerprint density at radius 3 is 2.50 bits per heavy atom. The van der Waals surface area contributed by atoms with Crippen LogP contribution in [0.15, 0.2) is 41.8 Å². The van der Waals surface area contributed by atoms with Crippen molar-refractivity contribution in [3.05, 3.63) is 57.8 Å². The highest BCUT2D eigenvalue weighted by atomic mass is 32.1. The Labute approximate surface area is 108 Å². The number of nitriles is 1. The maximum absolute atomic E-state index is 11.3. The molecule has 0 saturated carbocycles. The minimum Gasteiger partial charge on any atom is -0.478 e. The Kier molecular flexibility index (Phi) is 3.56. The molecule has 0 spiro atoms. The number of hydrogen-bond acceptors (Lipinski definition) is 3. The monoisotopic (exact) mass is 255 g/mol. The number of thiophene rings is 1. The molecule has 0 bridgehead atoms. The molecule has 0 saturated heterocycles. The van der Waals surface area contributed by atoms with Gasteiger partial charge in [0.2, 0.25) is 0 Å². The molecule has 88 valence electrons. The van der Waals surface area contributed by atoms with Crippen LogP contribution in [0.25, 0.3) is 11.6 Å². The van der Waals surface area contributed by atoms with Crippen LogP contribution in [0.3, 0.4) is 0 Å². The van der Waals surface area contributed by atoms with Crippen LogP contribution in [0, 0.1) is 11.3 Å². The van der Waals surface area contributed by atoms with E-state index in [4.69, 9.17) is 5.26 Å². The Bertz CT molecular complexity index is 619. The zero-order chi connectivity index (χ0) is 13.0. The van der Waals surface area contributed by atoms with Gasteiger partial charge in [-0.3, -0.25) is 0 Å². The Hall–Kier alpha value is -2.38. The van der Waals surface area contributed by atoms with E-state index in [1.54, 1.807) is 30.3 Å². The summed E-state index contributed by atoms with van der Waals surface area (Å²) in [5.41, 5.74) is 1.33. The summed E-state index contributed by atoms with van der Waals surface area (Å²) in [5, 5.41) is 19.8. The van der Waals surface area contributed by atoms with Crippen LogP contribution in [0.2, 0.25) is 0 Å². The maximum atomic E-state index is 11.3. The summed E-state index contributed by atoms with van der Waals surface area (Å²) >= 11 is 1.48. The van der Waals surface area contributed by atoms with Gasteiger partial charge in [0.25, 0.3) is 0 Å². The van der Waals surface area contributed by atoms with Gasteiger partial charge in [-0.15, -0.1) is 11.3 Å². The van der Waals surface area contributed by atoms with Crippen molar-refractivity contribution >= 4 is 29.0 Å². The van der Waals surface area contributed by atoms with Crippen molar-refractivity contribution in [3.63, 3.8) is 0 Å². The molecule has 0 radical (unpaired) electrons. The third-order valence-electron chi connectivity index (χ3n) is 2.39. The van der Waals surface area contributed by atoms with E-state index in [0.717, 1.165) is 4.88 Å². The first-order chi connectivity index (χ1) is 8.70. The van der Waals surface area contributed by atoms with Gasteiger partial charge in [0, 0.05) is 4.88 Å². The van der Waals surface area contributed by atoms with Gasteiger partial charge < -0.3 is 5.11 Å². The number of carbonyl (C=O) groups is 1. The molecule has 0 unspecified atom stereocenters. The molecule has 2 rings (SSSR count). The summed E-state index contributed by atoms with van der Waals surface area (Å²) in [7, 11) is 0. The molecule has 1 N–H and O–H groups in total. The zero-order valence-electron chi connectivity index (χ0n) is 9.33. The van der Waals surface area contributed by atoms with Crippen molar-refractivity contribution in [1.82, 2.24) is 0 Å². The fourth-order valence-electron chi connectivity index (χ4n) is 1.51. The van der Waals surface area contributed by atoms with Crippen LogP contribution in [-0.4, -0.2) is 11.1 Å². The predicted molar refractivity (Wildman–Crippen MR) is 71.0 cm³/mol. The average molecular weight is 255 g/mol. The number of aliphatic carboxylic acids is 1. The maximum Gasteiger partial charge on any atom is 0.336 e. The number of rotatable bonds is 3. The van der Waals surface area contributed by atoms with Gasteiger partial charge in [-0.05, 0) is 35.2 Å². The molecule has 3 nitrogen and oxygen atoms in total. The van der Waals surface area contributed by atoms with Gasteiger partial charge in [0.1, 0.15) is 0 Å². The molecule has 0 atom stereocenters. The SMILES string of the molecule is N#Cc1ccc(/C(=C\c2cccs2)C(=O)O)cc1. The summed E-state index contributed by atoms with van der Waals surface area (Å²) in [6.07, 6.45) is 1.63. The highest BCUT2D eigenvalue weighted by molar-refractivity contribution is 7.10. The van der Waals surface area contributed by atoms with Crippen LogP contribution in [0.5, 0.6) is 0 Å². The van der Waals surface area contributed by atoms with E-state index in [1.807, 2.05) is 23.6 Å². The highest BCUT2D eigenvalue weighted by Crippen LogP contribution is 2.21. The van der Waals surface area contributed by atoms with Crippen molar-refractivity contribution in [3.8, 4) is 6.07 Å². The largest absolute Gasteiger partial charge is 0.478 e. The van der Waals surface area contributed by atoms with E-state index in [-0.39, 0.29) is 5.57 Å². The fourth-order valence-corrected chi connectivity index (χ4v) is 2.17. The molecule has 0 amide bonds. The highest BCUT2D eigenvalue weighted by Gasteiger charge is 2.10. The second-order valence-electron chi connectivity index (χ2n) is 3.57. The number of carboxylic acid groups (broad SMARTS) is 1. The first kappa shape index (κ1) is 12.1. The van der Waals surface area contributed by atoms with Gasteiger partial charge in [0.15, 0.2) is 0 Å². The summed E-state index contributed by atoms with van der Waals surface area (Å²) < 4.78 is 0. The van der Waals surface area contributed by atoms with E-state index in [9.17, 15) is 9.90 Å². The summed E-state index contributed by atoms with van der Waals surface area (Å²) in [5.74, 6) is -0.979. The average Bonchev–Trinajstić information content (AvgIpc) is 2.89. The lowest BCUT2D eigenvalue weighted by atomic mass is 10.0. The topological polar surface area (TPSA) is 61.1 Å². The second-order valence-corrected chi connectivity index (χ2v) is 4.55. The van der Waals surface area contributed by atoms with E-state index < -0.39 is 5.97 Å². The summed E-state index contributed by atoms with van der Waals surface area (Å²) in [6, 6.07) is 12.2. The van der Waals surface area contributed by atoms with Gasteiger partial charge in [-0.1, -0.05) is 18.2 Å². The van der Waals surface area contributed by atoms with Crippen LogP contribution in [0.1, 0.15) is 16.0 Å². The number of carboxylic acids is 1. The molecule has 1 aromatic heterocycles. The molecular formula is C14H9NO2S. The normalized spacial score (nSPS) is 10.9. The minimum atomic E-state index is -0.979. The van der Waals surface area contributed by atoms with Gasteiger partial charge in [-0.25, -0.2) is 4.79 Å². The van der Waals surface area contributed by atoms with E-state index in [2.05, 4.69) is 0 Å². The Balaban J connectivity index is 2.42. The lowest BCUT2D eigenvalue weighted by Crippen LogP contribution is -1.99. The molecule has 1 heterocycles. The predicted octanol–water partition coefficient (Wildman–Crippen LogP) is 3.24. The van der Waals surface area contributed by atoms with Crippen LogP contribution < -0.4 is 0 Å². The van der Waals surface area contributed by atoms with Gasteiger partial charge in [0.05, 0.1) is 17.2 Å². The van der Waals surface area contributed by atoms with E-state index in [0.29, 0.717) is 11.1 Å². The molecule has 1 aromatic carbocycles. The standard InChI is InChI=1S/C14H9NO2S/c15-9-10-3-5-11(6-4-10)13(14(16)17)8-12-2-1-7-18-12/h1-8H,(H,16,17)/b13-8+. The van der Waals surface area contributed by atoms with E-state index >= 15 is 0 Å². The van der Waals surface area contributed by atoms with Gasteiger partial charge >= 0.3 is 5.97 Å². The zero-order valence-corrected chi connectivity index (χ0v) is 10.1. The molecule has 18 heavy (non-hydrogen) atoms. The second kappa shape index (κ2) is 5.30. The fraction of sp³-hybridized carbons (Fsp3) is 0. The molecule has 4 heteroatoms. The Morgan fingerprint density at radius 2 is 2.00 bits per heavy atom. The van der Waals surface area contributed by atoms with E-state index in [1.165, 1.54) is 11.3 Å². The third kappa shape index (κ3) is 2.65. The van der Waals surface area contributed by atoms with Crippen LogP contribution in [0.4, 0.5) is 0 Å². The molecule has 2 aromatic rings. The van der Waals surface area contributed by atoms with Crippen molar-refractivity contribution in [2.24, 2.45) is 0 Å². The molecule has 0 aliphatic rings. The van der Waals surface area contributed by atoms with Crippen LogP contribution in [-0.2, 0) is 4.79 Å². The third-order valence-corrected chi connectivity index (χ3v) is 3.20. The summed E-state index contributed by atoms with van der Waals surface area (Å²) in [6.45, 7) is 0. The van der Waals surface area contributed by atoms with Crippen molar-refractivity contribution in [1.29, 1.82) is 5.26 Å². The lowest BCUT2D eigenvalue weighted by Gasteiger charge is -2.02. The first-order valence-electron chi connectivity index (χ1n) is 5.20. The van der Waals surface area contributed by atoms with Crippen LogP contribution >= 0.6 is 11.3 Å². The molecule has 0 fully saturated rings. The quantitative estimate of drug-likeness (QED) is 0.856. The van der Waals surface area contributed by atoms with Gasteiger partial charge in [-0.2, -0.15) is 5.26 Å². The Morgan fingerprint density at radius 1 is 1.28 bits per heavy atom. The van der Waals surface area contributed by atoms with Crippen molar-refractivity contribution < 1.29 is 9.90 Å².